The molecule has 0 aromatic carbocycles. The van der Waals surface area contributed by atoms with Gasteiger partial charge in [0.15, 0.2) is 0 Å². The van der Waals surface area contributed by atoms with Crippen LogP contribution in [-0.2, 0) is 13.6 Å². The van der Waals surface area contributed by atoms with E-state index in [2.05, 4.69) is 15.5 Å². The Labute approximate surface area is 120 Å². The van der Waals surface area contributed by atoms with Crippen molar-refractivity contribution in [3.05, 3.63) is 40.0 Å². The molecule has 0 aliphatic heterocycles. The van der Waals surface area contributed by atoms with Crippen LogP contribution >= 0.6 is 0 Å². The van der Waals surface area contributed by atoms with Crippen LogP contribution in [0.25, 0.3) is 0 Å². The van der Waals surface area contributed by atoms with Crippen molar-refractivity contribution in [1.82, 2.24) is 24.9 Å². The first-order chi connectivity index (χ1) is 10.0. The van der Waals surface area contributed by atoms with Crippen LogP contribution in [0, 0.1) is 17.0 Å². The lowest BCUT2D eigenvalue weighted by molar-refractivity contribution is -0.385. The van der Waals surface area contributed by atoms with Crippen molar-refractivity contribution in [1.29, 1.82) is 0 Å². The van der Waals surface area contributed by atoms with Crippen LogP contribution in [0.2, 0.25) is 0 Å². The molecule has 9 heteroatoms. The summed E-state index contributed by atoms with van der Waals surface area (Å²) in [5, 5.41) is 21.6. The first-order valence-electron chi connectivity index (χ1n) is 6.44. The Hall–Kier alpha value is -2.71. The highest BCUT2D eigenvalue weighted by Crippen LogP contribution is 2.21. The normalized spacial score (nSPS) is 10.6. The Morgan fingerprint density at radius 2 is 2.29 bits per heavy atom. The Morgan fingerprint density at radius 1 is 1.52 bits per heavy atom. The largest absolute Gasteiger partial charge is 0.350 e. The van der Waals surface area contributed by atoms with Gasteiger partial charge in [-0.1, -0.05) is 0 Å². The Bertz CT molecular complexity index is 646. The minimum atomic E-state index is -0.582. The van der Waals surface area contributed by atoms with E-state index in [0.717, 1.165) is 0 Å². The van der Waals surface area contributed by atoms with Gasteiger partial charge < -0.3 is 5.32 Å². The monoisotopic (exact) mass is 292 g/mol. The summed E-state index contributed by atoms with van der Waals surface area (Å²) in [6.07, 6.45) is 4.18. The molecule has 0 saturated carbocycles. The molecular formula is C12H16N6O3. The van der Waals surface area contributed by atoms with Gasteiger partial charge in [0.2, 0.25) is 5.69 Å². The van der Waals surface area contributed by atoms with Crippen LogP contribution in [0.1, 0.15) is 22.6 Å². The topological polar surface area (TPSA) is 108 Å². The highest BCUT2D eigenvalue weighted by Gasteiger charge is 2.28. The molecule has 2 rings (SSSR count). The number of hydrogen-bond donors (Lipinski definition) is 1. The van der Waals surface area contributed by atoms with E-state index in [9.17, 15) is 14.9 Å². The first kappa shape index (κ1) is 14.7. The number of nitrogens with zero attached hydrogens (tertiary/aromatic N) is 5. The van der Waals surface area contributed by atoms with Gasteiger partial charge in [-0.05, 0) is 19.4 Å². The van der Waals surface area contributed by atoms with Gasteiger partial charge in [-0.3, -0.25) is 24.3 Å². The minimum absolute atomic E-state index is 0.154. The molecule has 0 unspecified atom stereocenters. The number of carbonyl (C=O) groups is 1. The number of aryl methyl sites for hydroxylation is 2. The summed E-state index contributed by atoms with van der Waals surface area (Å²) in [4.78, 5) is 22.4. The Morgan fingerprint density at radius 3 is 2.90 bits per heavy atom. The third-order valence-corrected chi connectivity index (χ3v) is 3.11. The molecule has 9 nitrogen and oxygen atoms in total. The molecule has 0 fully saturated rings. The maximum absolute atomic E-state index is 12.0. The second kappa shape index (κ2) is 6.16. The van der Waals surface area contributed by atoms with Gasteiger partial charge in [-0.2, -0.15) is 10.2 Å². The molecular weight excluding hydrogens is 276 g/mol. The van der Waals surface area contributed by atoms with Crippen LogP contribution < -0.4 is 5.32 Å². The van der Waals surface area contributed by atoms with Crippen molar-refractivity contribution in [3.8, 4) is 0 Å². The van der Waals surface area contributed by atoms with Gasteiger partial charge in [0.25, 0.3) is 5.91 Å². The zero-order valence-corrected chi connectivity index (χ0v) is 11.8. The molecule has 2 heterocycles. The molecule has 0 bridgehead atoms. The van der Waals surface area contributed by atoms with E-state index < -0.39 is 10.8 Å². The fraction of sp³-hybridized carbons (Fsp3) is 0.417. The molecule has 2 aromatic rings. The summed E-state index contributed by atoms with van der Waals surface area (Å²) < 4.78 is 3.08. The number of aromatic nitrogens is 4. The Kier molecular flexibility index (Phi) is 4.31. The van der Waals surface area contributed by atoms with Gasteiger partial charge in [-0.25, -0.2) is 0 Å². The van der Waals surface area contributed by atoms with Gasteiger partial charge in [0.1, 0.15) is 5.69 Å². The lowest BCUT2D eigenvalue weighted by atomic mass is 10.3. The van der Waals surface area contributed by atoms with Crippen LogP contribution in [0.4, 0.5) is 5.69 Å². The molecule has 0 aliphatic rings. The Balaban J connectivity index is 1.94. The fourth-order valence-electron chi connectivity index (χ4n) is 1.93. The van der Waals surface area contributed by atoms with Crippen LogP contribution in [-0.4, -0.2) is 36.9 Å². The highest BCUT2D eigenvalue weighted by molar-refractivity contribution is 5.96. The minimum Gasteiger partial charge on any atom is -0.350 e. The lowest BCUT2D eigenvalue weighted by Gasteiger charge is -2.03. The molecule has 112 valence electrons. The first-order valence-corrected chi connectivity index (χ1v) is 6.44. The quantitative estimate of drug-likeness (QED) is 0.478. The van der Waals surface area contributed by atoms with E-state index in [1.807, 2.05) is 12.3 Å². The van der Waals surface area contributed by atoms with Crippen LogP contribution in [0.15, 0.2) is 18.5 Å². The third-order valence-electron chi connectivity index (χ3n) is 3.11. The number of amides is 1. The number of hydrogen-bond acceptors (Lipinski definition) is 5. The average Bonchev–Trinajstić information content (AvgIpc) is 3.04. The molecule has 0 aliphatic carbocycles. The van der Waals surface area contributed by atoms with Crippen molar-refractivity contribution >= 4 is 11.6 Å². The van der Waals surface area contributed by atoms with E-state index in [1.165, 1.54) is 4.68 Å². The predicted octanol–water partition coefficient (Wildman–Crippen LogP) is 0.653. The van der Waals surface area contributed by atoms with E-state index in [-0.39, 0.29) is 11.4 Å². The van der Waals surface area contributed by atoms with Crippen molar-refractivity contribution in [3.63, 3.8) is 0 Å². The number of nitrogens with one attached hydrogen (secondary N) is 1. The van der Waals surface area contributed by atoms with Crippen molar-refractivity contribution in [2.45, 2.75) is 19.9 Å². The SMILES string of the molecule is Cc1c([N+](=O)[O-])c(C(=O)NCCCn2cccn2)nn1C. The van der Waals surface area contributed by atoms with Crippen molar-refractivity contribution in [2.24, 2.45) is 7.05 Å². The molecule has 1 N–H and O–H groups in total. The van der Waals surface area contributed by atoms with Crippen LogP contribution in [0.3, 0.4) is 0 Å². The number of rotatable bonds is 6. The molecule has 0 spiro atoms. The summed E-state index contributed by atoms with van der Waals surface area (Å²) in [6, 6.07) is 1.82. The van der Waals surface area contributed by atoms with Gasteiger partial charge in [0, 0.05) is 32.5 Å². The van der Waals surface area contributed by atoms with Crippen molar-refractivity contribution < 1.29 is 9.72 Å². The fourth-order valence-corrected chi connectivity index (χ4v) is 1.93. The summed E-state index contributed by atoms with van der Waals surface area (Å²) in [6.45, 7) is 2.61. The van der Waals surface area contributed by atoms with Crippen molar-refractivity contribution in [2.75, 3.05) is 6.54 Å². The molecule has 2 aromatic heterocycles. The van der Waals surface area contributed by atoms with Gasteiger partial charge >= 0.3 is 5.69 Å². The number of carbonyl (C=O) groups excluding carboxylic acids is 1. The van der Waals surface area contributed by atoms with Gasteiger partial charge in [0.05, 0.1) is 4.92 Å². The second-order valence-corrected chi connectivity index (χ2v) is 4.54. The summed E-state index contributed by atoms with van der Waals surface area (Å²) >= 11 is 0. The van der Waals surface area contributed by atoms with E-state index in [0.29, 0.717) is 25.2 Å². The van der Waals surface area contributed by atoms with E-state index in [4.69, 9.17) is 0 Å². The zero-order chi connectivity index (χ0) is 15.4. The third kappa shape index (κ3) is 3.25. The zero-order valence-electron chi connectivity index (χ0n) is 11.8. The average molecular weight is 292 g/mol. The molecule has 0 radical (unpaired) electrons. The summed E-state index contributed by atoms with van der Waals surface area (Å²) in [5.74, 6) is -0.536. The molecule has 1 amide bonds. The van der Waals surface area contributed by atoms with Crippen LogP contribution in [0.5, 0.6) is 0 Å². The highest BCUT2D eigenvalue weighted by atomic mass is 16.6. The maximum atomic E-state index is 12.0. The number of nitro groups is 1. The summed E-state index contributed by atoms with van der Waals surface area (Å²) in [7, 11) is 1.57. The predicted molar refractivity (Wildman–Crippen MR) is 73.8 cm³/mol. The van der Waals surface area contributed by atoms with E-state index in [1.54, 1.807) is 24.9 Å². The molecule has 0 saturated heterocycles. The maximum Gasteiger partial charge on any atom is 0.322 e. The summed E-state index contributed by atoms with van der Waals surface area (Å²) in [5.41, 5.74) is -0.0529. The molecule has 21 heavy (non-hydrogen) atoms. The van der Waals surface area contributed by atoms with E-state index >= 15 is 0 Å². The molecule has 0 atom stereocenters. The lowest BCUT2D eigenvalue weighted by Crippen LogP contribution is -2.26. The smallest absolute Gasteiger partial charge is 0.322 e. The second-order valence-electron chi connectivity index (χ2n) is 4.54. The van der Waals surface area contributed by atoms with Gasteiger partial charge in [-0.15, -0.1) is 0 Å². The standard InChI is InChI=1S/C12H16N6O3/c1-9-11(18(20)21)10(15-16(9)2)12(19)13-5-3-7-17-8-4-6-14-17/h4,6,8H,3,5,7H2,1-2H3,(H,13,19).